The molecule has 9 heteroatoms. The van der Waals surface area contributed by atoms with Crippen LogP contribution in [0, 0.1) is 0 Å². The number of anilines is 3. The number of benzene rings is 2. The molecule has 0 saturated carbocycles. The van der Waals surface area contributed by atoms with Crippen LogP contribution >= 0.6 is 23.1 Å². The van der Waals surface area contributed by atoms with Crippen molar-refractivity contribution in [1.29, 1.82) is 0 Å². The second kappa shape index (κ2) is 9.82. The van der Waals surface area contributed by atoms with E-state index in [-0.39, 0.29) is 11.7 Å². The molecule has 0 fully saturated rings. The van der Waals surface area contributed by atoms with Crippen LogP contribution in [-0.2, 0) is 11.2 Å². The molecule has 0 aliphatic carbocycles. The maximum atomic E-state index is 12.3. The lowest BCUT2D eigenvalue weighted by molar-refractivity contribution is -0.113. The molecular weight excluding hydrogens is 420 g/mol. The van der Waals surface area contributed by atoms with Crippen molar-refractivity contribution in [2.45, 2.75) is 24.1 Å². The van der Waals surface area contributed by atoms with Crippen LogP contribution in [0.2, 0.25) is 0 Å². The molecule has 4 rings (SSSR count). The number of aromatic nitrogens is 2. The zero-order chi connectivity index (χ0) is 20.8. The van der Waals surface area contributed by atoms with Crippen LogP contribution < -0.4 is 20.1 Å². The summed E-state index contributed by atoms with van der Waals surface area (Å²) in [5, 5.41) is 15.3. The van der Waals surface area contributed by atoms with Crippen molar-refractivity contribution in [3.05, 3.63) is 48.0 Å². The number of carbonyl (C=O) groups is 1. The van der Waals surface area contributed by atoms with E-state index in [1.165, 1.54) is 28.7 Å². The van der Waals surface area contributed by atoms with Crippen LogP contribution in [0.3, 0.4) is 0 Å². The third kappa shape index (κ3) is 5.22. The highest BCUT2D eigenvalue weighted by atomic mass is 32.2. The summed E-state index contributed by atoms with van der Waals surface area (Å²) in [5.74, 6) is 1.49. The molecule has 2 N–H and O–H groups in total. The number of nitrogens with one attached hydrogen (secondary N) is 2. The van der Waals surface area contributed by atoms with E-state index < -0.39 is 0 Å². The van der Waals surface area contributed by atoms with Gasteiger partial charge in [-0.05, 0) is 30.2 Å². The normalized spacial score (nSPS) is 12.8. The fourth-order valence-electron chi connectivity index (χ4n) is 2.95. The standard InChI is InChI=1S/C21H22N4O3S2/c1-2-14-6-3-4-7-16(14)23-20-24-25-21(30-20)29-13-19(26)22-15-8-9-17-18(12-15)28-11-5-10-27-17/h3-4,6-9,12H,2,5,10-11,13H2,1H3,(H,22,26)(H,23,24). The predicted molar refractivity (Wildman–Crippen MR) is 120 cm³/mol. The predicted octanol–water partition coefficient (Wildman–Crippen LogP) is 4.74. The number of carbonyl (C=O) groups excluding carboxylic acids is 1. The van der Waals surface area contributed by atoms with Gasteiger partial charge < -0.3 is 20.1 Å². The molecule has 0 radical (unpaired) electrons. The molecule has 1 amide bonds. The van der Waals surface area contributed by atoms with Gasteiger partial charge >= 0.3 is 0 Å². The van der Waals surface area contributed by atoms with Crippen LogP contribution in [0.4, 0.5) is 16.5 Å². The van der Waals surface area contributed by atoms with Crippen LogP contribution in [0.5, 0.6) is 11.5 Å². The highest BCUT2D eigenvalue weighted by Gasteiger charge is 2.13. The van der Waals surface area contributed by atoms with Gasteiger partial charge in [-0.25, -0.2) is 0 Å². The maximum absolute atomic E-state index is 12.3. The van der Waals surface area contributed by atoms with Gasteiger partial charge in [-0.15, -0.1) is 10.2 Å². The van der Waals surface area contributed by atoms with Gasteiger partial charge in [-0.1, -0.05) is 48.2 Å². The van der Waals surface area contributed by atoms with Crippen molar-refractivity contribution in [3.63, 3.8) is 0 Å². The Kier molecular flexibility index (Phi) is 6.70. The zero-order valence-electron chi connectivity index (χ0n) is 16.5. The minimum Gasteiger partial charge on any atom is -0.490 e. The molecule has 3 aromatic rings. The second-order valence-electron chi connectivity index (χ2n) is 6.56. The summed E-state index contributed by atoms with van der Waals surface area (Å²) in [4.78, 5) is 12.3. The Bertz CT molecular complexity index is 1020. The number of aryl methyl sites for hydroxylation is 1. The summed E-state index contributed by atoms with van der Waals surface area (Å²) < 4.78 is 12.0. The Morgan fingerprint density at radius 3 is 2.83 bits per heavy atom. The number of nitrogens with zero attached hydrogens (tertiary/aromatic N) is 2. The van der Waals surface area contributed by atoms with Crippen molar-refractivity contribution in [2.24, 2.45) is 0 Å². The Morgan fingerprint density at radius 1 is 1.13 bits per heavy atom. The van der Waals surface area contributed by atoms with Gasteiger partial charge in [0, 0.05) is 23.9 Å². The lowest BCUT2D eigenvalue weighted by Crippen LogP contribution is -2.14. The van der Waals surface area contributed by atoms with E-state index in [1.807, 2.05) is 30.3 Å². The average Bonchev–Trinajstić information content (AvgIpc) is 3.07. The van der Waals surface area contributed by atoms with Crippen molar-refractivity contribution in [2.75, 3.05) is 29.6 Å². The highest BCUT2D eigenvalue weighted by molar-refractivity contribution is 8.01. The van der Waals surface area contributed by atoms with Crippen molar-refractivity contribution < 1.29 is 14.3 Å². The van der Waals surface area contributed by atoms with Gasteiger partial charge in [-0.2, -0.15) is 0 Å². The van der Waals surface area contributed by atoms with Crippen LogP contribution in [0.15, 0.2) is 46.8 Å². The molecule has 0 bridgehead atoms. The van der Waals surface area contributed by atoms with Gasteiger partial charge in [0.2, 0.25) is 11.0 Å². The van der Waals surface area contributed by atoms with Crippen LogP contribution in [0.25, 0.3) is 0 Å². The molecule has 30 heavy (non-hydrogen) atoms. The molecule has 2 heterocycles. The van der Waals surface area contributed by atoms with E-state index in [4.69, 9.17) is 9.47 Å². The molecule has 0 spiro atoms. The summed E-state index contributed by atoms with van der Waals surface area (Å²) in [6.45, 7) is 3.36. The third-order valence-corrected chi connectivity index (χ3v) is 6.38. The minimum atomic E-state index is -0.115. The number of hydrogen-bond acceptors (Lipinski definition) is 8. The number of hydrogen-bond donors (Lipinski definition) is 2. The third-order valence-electron chi connectivity index (χ3n) is 4.40. The fourth-order valence-corrected chi connectivity index (χ4v) is 4.51. The van der Waals surface area contributed by atoms with Crippen molar-refractivity contribution >= 4 is 45.5 Å². The number of rotatable bonds is 7. The first-order valence-electron chi connectivity index (χ1n) is 9.72. The number of para-hydroxylation sites is 1. The Morgan fingerprint density at radius 2 is 1.97 bits per heavy atom. The molecule has 0 atom stereocenters. The summed E-state index contributed by atoms with van der Waals surface area (Å²) >= 11 is 2.79. The highest BCUT2D eigenvalue weighted by Crippen LogP contribution is 2.33. The minimum absolute atomic E-state index is 0.115. The van der Waals surface area contributed by atoms with E-state index >= 15 is 0 Å². The Hall–Kier alpha value is -2.78. The van der Waals surface area contributed by atoms with E-state index in [0.717, 1.165) is 22.9 Å². The van der Waals surface area contributed by atoms with E-state index in [1.54, 1.807) is 6.07 Å². The topological polar surface area (TPSA) is 85.4 Å². The Balaban J connectivity index is 1.31. The van der Waals surface area contributed by atoms with Gasteiger partial charge in [0.05, 0.1) is 19.0 Å². The van der Waals surface area contributed by atoms with Crippen molar-refractivity contribution in [3.8, 4) is 11.5 Å². The molecule has 2 aromatic carbocycles. The zero-order valence-corrected chi connectivity index (χ0v) is 18.1. The van der Waals surface area contributed by atoms with Gasteiger partial charge in [0.15, 0.2) is 15.8 Å². The molecule has 0 unspecified atom stereocenters. The maximum Gasteiger partial charge on any atom is 0.234 e. The number of thioether (sulfide) groups is 1. The molecule has 1 aromatic heterocycles. The van der Waals surface area contributed by atoms with Crippen LogP contribution in [0.1, 0.15) is 18.9 Å². The fraction of sp³-hybridized carbons (Fsp3) is 0.286. The summed E-state index contributed by atoms with van der Waals surface area (Å²) in [6, 6.07) is 13.5. The number of fused-ring (bicyclic) bond motifs is 1. The molecular formula is C21H22N4O3S2. The van der Waals surface area contributed by atoms with Crippen LogP contribution in [-0.4, -0.2) is 35.1 Å². The molecule has 1 aliphatic heterocycles. The van der Waals surface area contributed by atoms with Gasteiger partial charge in [-0.3, -0.25) is 4.79 Å². The lowest BCUT2D eigenvalue weighted by Gasteiger charge is -2.10. The van der Waals surface area contributed by atoms with Gasteiger partial charge in [0.1, 0.15) is 0 Å². The molecule has 0 saturated heterocycles. The first kappa shape index (κ1) is 20.5. The quantitative estimate of drug-likeness (QED) is 0.511. The smallest absolute Gasteiger partial charge is 0.234 e. The summed E-state index contributed by atoms with van der Waals surface area (Å²) in [6.07, 6.45) is 1.78. The first-order chi connectivity index (χ1) is 14.7. The lowest BCUT2D eigenvalue weighted by atomic mass is 10.1. The largest absolute Gasteiger partial charge is 0.490 e. The summed E-state index contributed by atoms with van der Waals surface area (Å²) in [5.41, 5.74) is 2.93. The van der Waals surface area contributed by atoms with E-state index in [9.17, 15) is 4.79 Å². The monoisotopic (exact) mass is 442 g/mol. The molecule has 1 aliphatic rings. The number of ether oxygens (including phenoxy) is 2. The summed E-state index contributed by atoms with van der Waals surface area (Å²) in [7, 11) is 0. The molecule has 7 nitrogen and oxygen atoms in total. The van der Waals surface area contributed by atoms with Gasteiger partial charge in [0.25, 0.3) is 0 Å². The average molecular weight is 443 g/mol. The molecule has 156 valence electrons. The first-order valence-corrected chi connectivity index (χ1v) is 11.5. The van der Waals surface area contributed by atoms with E-state index in [2.05, 4.69) is 33.8 Å². The van der Waals surface area contributed by atoms with Crippen molar-refractivity contribution in [1.82, 2.24) is 10.2 Å². The Labute approximate surface area is 183 Å². The second-order valence-corrected chi connectivity index (χ2v) is 8.76. The van der Waals surface area contributed by atoms with E-state index in [0.29, 0.717) is 35.5 Å². The number of amides is 1. The SMILES string of the molecule is CCc1ccccc1Nc1nnc(SCC(=O)Nc2ccc3c(c2)OCCCO3)s1.